The van der Waals surface area contributed by atoms with Crippen LogP contribution in [0.5, 0.6) is 0 Å². The highest BCUT2D eigenvalue weighted by Gasteiger charge is 2.53. The lowest BCUT2D eigenvalue weighted by Crippen LogP contribution is -2.69. The fourth-order valence-electron chi connectivity index (χ4n) is 5.82. The molecule has 2 amide bonds. The number of benzene rings is 2. The van der Waals surface area contributed by atoms with E-state index in [0.717, 1.165) is 42.5 Å². The van der Waals surface area contributed by atoms with Crippen LogP contribution >= 0.6 is 0 Å². The summed E-state index contributed by atoms with van der Waals surface area (Å²) in [4.78, 5) is 27.6. The molecule has 0 saturated carbocycles. The number of hydroxylamine groups is 2. The van der Waals surface area contributed by atoms with Crippen molar-refractivity contribution in [2.24, 2.45) is 5.41 Å². The van der Waals surface area contributed by atoms with E-state index >= 15 is 0 Å². The van der Waals surface area contributed by atoms with Gasteiger partial charge in [0.05, 0.1) is 11.5 Å². The quantitative estimate of drug-likeness (QED) is 0.235. The number of carbonyl (C=O) groups excluding carboxylic acids is 2. The lowest BCUT2D eigenvalue weighted by Gasteiger charge is -2.45. The van der Waals surface area contributed by atoms with Gasteiger partial charge in [-0.05, 0) is 54.9 Å². The molecule has 41 heavy (non-hydrogen) atoms. The first-order valence-electron chi connectivity index (χ1n) is 15.6. The van der Waals surface area contributed by atoms with E-state index in [4.69, 9.17) is 4.53 Å². The van der Waals surface area contributed by atoms with Crippen molar-refractivity contribution in [1.82, 2.24) is 10.4 Å². The zero-order valence-corrected chi connectivity index (χ0v) is 27.1. The van der Waals surface area contributed by atoms with Gasteiger partial charge in [-0.3, -0.25) is 9.59 Å². The molecular weight excluding hydrogens is 528 g/mol. The van der Waals surface area contributed by atoms with Crippen LogP contribution < -0.4 is 15.7 Å². The van der Waals surface area contributed by atoms with Crippen LogP contribution in [0.25, 0.3) is 0 Å². The molecule has 1 aliphatic rings. The molecule has 0 aromatic heterocycles. The predicted molar refractivity (Wildman–Crippen MR) is 169 cm³/mol. The van der Waals surface area contributed by atoms with Gasteiger partial charge in [-0.15, -0.1) is 0 Å². The van der Waals surface area contributed by atoms with Gasteiger partial charge in [-0.25, -0.2) is 5.06 Å². The molecule has 2 atom stereocenters. The van der Waals surface area contributed by atoms with Crippen molar-refractivity contribution in [2.45, 2.75) is 117 Å². The second kappa shape index (κ2) is 14.6. The third-order valence-electron chi connectivity index (χ3n) is 8.62. The largest absolute Gasteiger partial charge is 0.392 e. The van der Waals surface area contributed by atoms with Crippen LogP contribution in [0.3, 0.4) is 0 Å². The summed E-state index contributed by atoms with van der Waals surface area (Å²) in [7, 11) is -3.00. The average Bonchev–Trinajstić information content (AvgIpc) is 3.12. The maximum Gasteiger partial charge on any atom is 0.296 e. The average molecular weight is 581 g/mol. The van der Waals surface area contributed by atoms with Gasteiger partial charge in [-0.2, -0.15) is 0 Å². The summed E-state index contributed by atoms with van der Waals surface area (Å²) in [6.07, 6.45) is 7.40. The van der Waals surface area contributed by atoms with E-state index < -0.39 is 25.9 Å². The minimum absolute atomic E-state index is 0.214. The Morgan fingerprint density at radius 1 is 0.951 bits per heavy atom. The normalized spacial score (nSPS) is 17.7. The van der Waals surface area contributed by atoms with Gasteiger partial charge < -0.3 is 15.0 Å². The summed E-state index contributed by atoms with van der Waals surface area (Å²) in [5.74, 6) is -0.502. The van der Waals surface area contributed by atoms with Crippen molar-refractivity contribution in [2.75, 3.05) is 6.54 Å². The monoisotopic (exact) mass is 580 g/mol. The van der Waals surface area contributed by atoms with Gasteiger partial charge in [0, 0.05) is 6.54 Å². The zero-order valence-electron chi connectivity index (χ0n) is 26.1. The predicted octanol–water partition coefficient (Wildman–Crippen LogP) is 5.72. The number of hydrogen-bond donors (Lipinski definition) is 2. The Balaban J connectivity index is 1.84. The summed E-state index contributed by atoms with van der Waals surface area (Å²) in [6.45, 7) is 12.8. The summed E-state index contributed by atoms with van der Waals surface area (Å²) in [5, 5.41) is 17.4. The first kappa shape index (κ1) is 33.0. The van der Waals surface area contributed by atoms with Gasteiger partial charge in [0.15, 0.2) is 0 Å². The van der Waals surface area contributed by atoms with Crippen molar-refractivity contribution < 1.29 is 19.2 Å². The fraction of sp³-hybridized carbons (Fsp3) is 0.588. The molecule has 1 aliphatic heterocycles. The van der Waals surface area contributed by atoms with E-state index in [1.807, 2.05) is 36.4 Å². The number of aliphatic hydroxyl groups excluding tert-OH is 1. The van der Waals surface area contributed by atoms with E-state index in [-0.39, 0.29) is 16.9 Å². The van der Waals surface area contributed by atoms with E-state index in [2.05, 4.69) is 57.3 Å². The van der Waals surface area contributed by atoms with Gasteiger partial charge in [0.25, 0.3) is 14.2 Å². The van der Waals surface area contributed by atoms with Crippen LogP contribution in [0.4, 0.5) is 0 Å². The number of carbonyl (C=O) groups is 2. The Morgan fingerprint density at radius 2 is 1.51 bits per heavy atom. The summed E-state index contributed by atoms with van der Waals surface area (Å²) >= 11 is 0. The summed E-state index contributed by atoms with van der Waals surface area (Å²) in [6, 6.07) is 19.9. The molecule has 1 heterocycles. The SMILES string of the molecule is CCCCCCC[C@H](O)C(C)(C)C(=O)N[C@H]1CCCCN(O[Si](c2ccccc2)(c2ccccc2)C(C)(C)C)C1=O. The van der Waals surface area contributed by atoms with Crippen LogP contribution in [0.2, 0.25) is 5.04 Å². The standard InChI is InChI=1S/C34H52N2O4Si/c1-7-8-9-10-17-25-30(37)34(5,6)32(39)35-29-24-18-19-26-36(31(29)38)40-41(33(2,3)4,27-20-13-11-14-21-27)28-22-15-12-16-23-28/h11-16,20-23,29-30,37H,7-10,17-19,24-26H2,1-6H3,(H,35,39)/t29-,30-/m0/s1. The number of hydrogen-bond acceptors (Lipinski definition) is 4. The molecule has 2 aromatic rings. The lowest BCUT2D eigenvalue weighted by molar-refractivity contribution is -0.162. The highest BCUT2D eigenvalue weighted by molar-refractivity contribution is 6.99. The Morgan fingerprint density at radius 3 is 2.05 bits per heavy atom. The third-order valence-corrected chi connectivity index (χ3v) is 13.5. The lowest BCUT2D eigenvalue weighted by atomic mass is 9.82. The summed E-state index contributed by atoms with van der Waals surface area (Å²) < 4.78 is 7.06. The number of nitrogens with zero attached hydrogens (tertiary/aromatic N) is 1. The van der Waals surface area contributed by atoms with E-state index in [1.165, 1.54) is 12.8 Å². The van der Waals surface area contributed by atoms with Crippen LogP contribution in [0.15, 0.2) is 60.7 Å². The topological polar surface area (TPSA) is 78.9 Å². The van der Waals surface area contributed by atoms with E-state index in [9.17, 15) is 14.7 Å². The molecule has 2 N–H and O–H groups in total. The van der Waals surface area contributed by atoms with Gasteiger partial charge in [-0.1, -0.05) is 120 Å². The molecule has 6 nitrogen and oxygen atoms in total. The molecule has 0 aliphatic carbocycles. The molecule has 0 bridgehead atoms. The Hall–Kier alpha value is -2.48. The maximum atomic E-state index is 14.1. The summed E-state index contributed by atoms with van der Waals surface area (Å²) in [5.41, 5.74) is -0.999. The van der Waals surface area contributed by atoms with Gasteiger partial charge in [0.1, 0.15) is 6.04 Å². The zero-order chi connectivity index (χ0) is 30.1. The molecule has 3 rings (SSSR count). The minimum atomic E-state index is -3.00. The Bertz CT molecular complexity index is 1060. The fourth-order valence-corrected chi connectivity index (χ4v) is 10.2. The molecule has 0 spiro atoms. The highest BCUT2D eigenvalue weighted by Crippen LogP contribution is 2.38. The van der Waals surface area contributed by atoms with Crippen LogP contribution in [0.1, 0.15) is 99.3 Å². The molecule has 2 aromatic carbocycles. The molecule has 7 heteroatoms. The second-order valence-electron chi connectivity index (χ2n) is 13.2. The van der Waals surface area contributed by atoms with Crippen LogP contribution in [0, 0.1) is 5.41 Å². The highest BCUT2D eigenvalue weighted by atomic mass is 28.4. The first-order chi connectivity index (χ1) is 19.4. The number of unbranched alkanes of at least 4 members (excludes halogenated alkanes) is 4. The van der Waals surface area contributed by atoms with Crippen molar-refractivity contribution in [3.05, 3.63) is 60.7 Å². The van der Waals surface area contributed by atoms with Crippen molar-refractivity contribution in [3.63, 3.8) is 0 Å². The molecular formula is C34H52N2O4Si. The minimum Gasteiger partial charge on any atom is -0.392 e. The van der Waals surface area contributed by atoms with Crippen LogP contribution in [-0.4, -0.2) is 49.0 Å². The number of aliphatic hydroxyl groups is 1. The Kier molecular flexibility index (Phi) is 11.8. The Labute approximate surface area is 249 Å². The molecule has 1 saturated heterocycles. The van der Waals surface area contributed by atoms with Crippen molar-refractivity contribution >= 4 is 30.5 Å². The van der Waals surface area contributed by atoms with Crippen LogP contribution in [-0.2, 0) is 14.1 Å². The molecule has 0 radical (unpaired) electrons. The number of amides is 2. The number of rotatable bonds is 13. The van der Waals surface area contributed by atoms with Gasteiger partial charge >= 0.3 is 0 Å². The number of nitrogens with one attached hydrogen (secondary N) is 1. The van der Waals surface area contributed by atoms with Gasteiger partial charge in [0.2, 0.25) is 5.91 Å². The van der Waals surface area contributed by atoms with E-state index in [1.54, 1.807) is 18.9 Å². The van der Waals surface area contributed by atoms with E-state index in [0.29, 0.717) is 19.4 Å². The molecule has 1 fully saturated rings. The first-order valence-corrected chi connectivity index (χ1v) is 17.5. The second-order valence-corrected chi connectivity index (χ2v) is 17.4. The van der Waals surface area contributed by atoms with Crippen molar-refractivity contribution in [1.29, 1.82) is 0 Å². The smallest absolute Gasteiger partial charge is 0.296 e. The molecule has 226 valence electrons. The maximum absolute atomic E-state index is 14.1. The molecule has 0 unspecified atom stereocenters. The third kappa shape index (κ3) is 7.88. The van der Waals surface area contributed by atoms with Crippen molar-refractivity contribution in [3.8, 4) is 0 Å².